The number of carbonyl (C=O) groups excluding carboxylic acids is 1. The van der Waals surface area contributed by atoms with Gasteiger partial charge in [0.1, 0.15) is 0 Å². The summed E-state index contributed by atoms with van der Waals surface area (Å²) in [6, 6.07) is 4.08. The van der Waals surface area contributed by atoms with E-state index in [2.05, 4.69) is 4.98 Å². The Morgan fingerprint density at radius 1 is 1.16 bits per heavy atom. The van der Waals surface area contributed by atoms with Crippen LogP contribution in [0.4, 0.5) is 4.79 Å². The first-order chi connectivity index (χ1) is 12.1. The molecule has 2 fully saturated rings. The summed E-state index contributed by atoms with van der Waals surface area (Å²) in [4.78, 5) is 32.0. The minimum absolute atomic E-state index is 0.00494. The molecule has 2 heterocycles. The summed E-state index contributed by atoms with van der Waals surface area (Å²) in [6.45, 7) is 1.47. The van der Waals surface area contributed by atoms with Crippen LogP contribution in [0.15, 0.2) is 24.5 Å². The Kier molecular flexibility index (Phi) is 5.89. The van der Waals surface area contributed by atoms with Gasteiger partial charge in [0, 0.05) is 38.1 Å². The van der Waals surface area contributed by atoms with E-state index in [-0.39, 0.29) is 19.0 Å². The highest BCUT2D eigenvalue weighted by molar-refractivity contribution is 5.76. The molecule has 0 aromatic carbocycles. The first-order valence-electron chi connectivity index (χ1n) is 9.31. The number of hydrogen-bond donors (Lipinski definition) is 1. The molecule has 1 aromatic rings. The Bertz CT molecular complexity index is 591. The average Bonchev–Trinajstić information content (AvgIpc) is 2.65. The maximum atomic E-state index is 13.2. The fourth-order valence-electron chi connectivity index (χ4n) is 4.23. The third-order valence-corrected chi connectivity index (χ3v) is 5.48. The van der Waals surface area contributed by atoms with Gasteiger partial charge in [-0.2, -0.15) is 0 Å². The van der Waals surface area contributed by atoms with Gasteiger partial charge in [-0.3, -0.25) is 9.78 Å². The van der Waals surface area contributed by atoms with Crippen LogP contribution in [0.5, 0.6) is 0 Å². The molecule has 3 rings (SSSR count). The van der Waals surface area contributed by atoms with Crippen molar-refractivity contribution in [2.24, 2.45) is 5.92 Å². The third kappa shape index (κ3) is 4.50. The van der Waals surface area contributed by atoms with E-state index in [4.69, 9.17) is 5.11 Å². The minimum atomic E-state index is -0.873. The topological polar surface area (TPSA) is 73.7 Å². The molecule has 6 heteroatoms. The second-order valence-corrected chi connectivity index (χ2v) is 7.15. The van der Waals surface area contributed by atoms with Crippen LogP contribution >= 0.6 is 0 Å². The van der Waals surface area contributed by atoms with Gasteiger partial charge in [0.25, 0.3) is 0 Å². The lowest BCUT2D eigenvalue weighted by Gasteiger charge is -2.45. The summed E-state index contributed by atoms with van der Waals surface area (Å²) in [6.07, 6.45) is 10.4. The highest BCUT2D eigenvalue weighted by Crippen LogP contribution is 2.35. The number of rotatable bonds is 5. The second-order valence-electron chi connectivity index (χ2n) is 7.15. The number of aromatic nitrogens is 1. The summed E-state index contributed by atoms with van der Waals surface area (Å²) >= 11 is 0. The molecule has 1 saturated carbocycles. The third-order valence-electron chi connectivity index (χ3n) is 5.48. The van der Waals surface area contributed by atoms with Gasteiger partial charge in [0.05, 0.1) is 6.42 Å². The van der Waals surface area contributed by atoms with E-state index in [0.29, 0.717) is 18.5 Å². The molecule has 1 saturated heterocycles. The lowest BCUT2D eigenvalue weighted by Crippen LogP contribution is -2.54. The Labute approximate surface area is 148 Å². The van der Waals surface area contributed by atoms with E-state index in [9.17, 15) is 9.59 Å². The normalized spacial score (nSPS) is 23.0. The number of aliphatic carboxylic acids is 1. The van der Waals surface area contributed by atoms with Crippen molar-refractivity contribution >= 4 is 12.0 Å². The molecular formula is C19H27N3O3. The average molecular weight is 345 g/mol. The smallest absolute Gasteiger partial charge is 0.320 e. The molecule has 25 heavy (non-hydrogen) atoms. The van der Waals surface area contributed by atoms with Crippen molar-refractivity contribution in [1.29, 1.82) is 0 Å². The molecule has 1 aromatic heterocycles. The standard InChI is InChI=1S/C19H27N3O3/c23-18(24)9-13-21(14-15-7-10-20-11-8-15)19(25)22-12-3-5-16-4-1-2-6-17(16)22/h7-8,10-11,16-17H,1-6,9,12-14H2,(H,23,24)/t16-,17-/m0/s1. The first kappa shape index (κ1) is 17.7. The number of amides is 2. The maximum absolute atomic E-state index is 13.2. The molecule has 2 amide bonds. The zero-order valence-corrected chi connectivity index (χ0v) is 14.6. The van der Waals surface area contributed by atoms with Crippen LogP contribution in [0.25, 0.3) is 0 Å². The molecule has 0 radical (unpaired) electrons. The van der Waals surface area contributed by atoms with Gasteiger partial charge in [0.2, 0.25) is 0 Å². The molecule has 1 aliphatic heterocycles. The number of carboxylic acid groups (broad SMARTS) is 1. The fourth-order valence-corrected chi connectivity index (χ4v) is 4.23. The lowest BCUT2D eigenvalue weighted by atomic mass is 9.78. The predicted molar refractivity (Wildman–Crippen MR) is 94.0 cm³/mol. The fraction of sp³-hybridized carbons (Fsp3) is 0.632. The SMILES string of the molecule is O=C(O)CCN(Cc1ccncc1)C(=O)N1CCC[C@@H]2CCCC[C@@H]21. The monoisotopic (exact) mass is 345 g/mol. The summed E-state index contributed by atoms with van der Waals surface area (Å²) in [5, 5.41) is 9.05. The van der Waals surface area contributed by atoms with Gasteiger partial charge >= 0.3 is 12.0 Å². The van der Waals surface area contributed by atoms with Crippen molar-refractivity contribution in [2.45, 2.75) is 57.5 Å². The zero-order valence-electron chi connectivity index (χ0n) is 14.6. The van der Waals surface area contributed by atoms with Crippen molar-refractivity contribution in [3.8, 4) is 0 Å². The molecule has 1 N–H and O–H groups in total. The number of urea groups is 1. The quantitative estimate of drug-likeness (QED) is 0.890. The first-order valence-corrected chi connectivity index (χ1v) is 9.31. The van der Waals surface area contributed by atoms with Crippen molar-refractivity contribution < 1.29 is 14.7 Å². The molecule has 0 unspecified atom stereocenters. The highest BCUT2D eigenvalue weighted by atomic mass is 16.4. The van der Waals surface area contributed by atoms with Crippen molar-refractivity contribution in [3.05, 3.63) is 30.1 Å². The van der Waals surface area contributed by atoms with Gasteiger partial charge in [-0.15, -0.1) is 0 Å². The van der Waals surface area contributed by atoms with Crippen LogP contribution in [-0.4, -0.2) is 51.0 Å². The Morgan fingerprint density at radius 3 is 2.64 bits per heavy atom. The van der Waals surface area contributed by atoms with Crippen LogP contribution in [-0.2, 0) is 11.3 Å². The number of hydrogen-bond acceptors (Lipinski definition) is 3. The molecule has 136 valence electrons. The van der Waals surface area contributed by atoms with E-state index in [0.717, 1.165) is 24.9 Å². The van der Waals surface area contributed by atoms with Gasteiger partial charge in [-0.05, 0) is 49.3 Å². The minimum Gasteiger partial charge on any atom is -0.481 e. The van der Waals surface area contributed by atoms with E-state index in [1.165, 1.54) is 25.7 Å². The molecule has 0 bridgehead atoms. The number of nitrogens with zero attached hydrogens (tertiary/aromatic N) is 3. The van der Waals surface area contributed by atoms with E-state index < -0.39 is 5.97 Å². The van der Waals surface area contributed by atoms with E-state index in [1.807, 2.05) is 17.0 Å². The number of pyridine rings is 1. The van der Waals surface area contributed by atoms with Gasteiger partial charge < -0.3 is 14.9 Å². The van der Waals surface area contributed by atoms with Crippen LogP contribution in [0, 0.1) is 5.92 Å². The zero-order chi connectivity index (χ0) is 17.6. The summed E-state index contributed by atoms with van der Waals surface area (Å²) in [5.74, 6) is -0.254. The summed E-state index contributed by atoms with van der Waals surface area (Å²) < 4.78 is 0. The maximum Gasteiger partial charge on any atom is 0.320 e. The van der Waals surface area contributed by atoms with Gasteiger partial charge in [0.15, 0.2) is 0 Å². The second kappa shape index (κ2) is 8.32. The summed E-state index contributed by atoms with van der Waals surface area (Å²) in [7, 11) is 0. The number of carboxylic acids is 1. The van der Waals surface area contributed by atoms with Gasteiger partial charge in [-0.1, -0.05) is 12.8 Å². The number of piperidine rings is 1. The van der Waals surface area contributed by atoms with Crippen LogP contribution in [0.1, 0.15) is 50.5 Å². The molecule has 2 atom stereocenters. The van der Waals surface area contributed by atoms with Crippen LogP contribution < -0.4 is 0 Å². The largest absolute Gasteiger partial charge is 0.481 e. The number of carbonyl (C=O) groups is 2. The van der Waals surface area contributed by atoms with Crippen LogP contribution in [0.2, 0.25) is 0 Å². The summed E-state index contributed by atoms with van der Waals surface area (Å²) in [5.41, 5.74) is 0.978. The lowest BCUT2D eigenvalue weighted by molar-refractivity contribution is -0.137. The Morgan fingerprint density at radius 2 is 1.88 bits per heavy atom. The van der Waals surface area contributed by atoms with Crippen LogP contribution in [0.3, 0.4) is 0 Å². The number of fused-ring (bicyclic) bond motifs is 1. The van der Waals surface area contributed by atoms with E-state index >= 15 is 0 Å². The Balaban J connectivity index is 1.73. The molecule has 1 aliphatic carbocycles. The van der Waals surface area contributed by atoms with Crippen molar-refractivity contribution in [2.75, 3.05) is 13.1 Å². The molecule has 6 nitrogen and oxygen atoms in total. The van der Waals surface area contributed by atoms with Crippen molar-refractivity contribution in [3.63, 3.8) is 0 Å². The van der Waals surface area contributed by atoms with Gasteiger partial charge in [-0.25, -0.2) is 4.79 Å². The Hall–Kier alpha value is -2.11. The predicted octanol–water partition coefficient (Wildman–Crippen LogP) is 3.13. The van der Waals surface area contributed by atoms with E-state index in [1.54, 1.807) is 17.3 Å². The molecule has 0 spiro atoms. The molecular weight excluding hydrogens is 318 g/mol. The molecule has 2 aliphatic rings. The highest BCUT2D eigenvalue weighted by Gasteiger charge is 2.37. The van der Waals surface area contributed by atoms with Crippen molar-refractivity contribution in [1.82, 2.24) is 14.8 Å². The number of likely N-dealkylation sites (tertiary alicyclic amines) is 1.